The van der Waals surface area contributed by atoms with E-state index in [4.69, 9.17) is 4.74 Å². The summed E-state index contributed by atoms with van der Waals surface area (Å²) in [5.74, 6) is -0.423. The van der Waals surface area contributed by atoms with Crippen molar-refractivity contribution in [2.24, 2.45) is 0 Å². The number of aryl methyl sites for hydroxylation is 1. The summed E-state index contributed by atoms with van der Waals surface area (Å²) in [7, 11) is 1.50. The molecule has 0 fully saturated rings. The van der Waals surface area contributed by atoms with E-state index in [0.29, 0.717) is 17.1 Å². The van der Waals surface area contributed by atoms with Crippen LogP contribution in [0.15, 0.2) is 10.1 Å². The van der Waals surface area contributed by atoms with Crippen LogP contribution < -0.4 is 10.6 Å². The van der Waals surface area contributed by atoms with Gasteiger partial charge in [-0.25, -0.2) is 4.98 Å². The number of hydrogen-bond acceptors (Lipinski definition) is 6. The van der Waals surface area contributed by atoms with Gasteiger partial charge in [0.2, 0.25) is 0 Å². The van der Waals surface area contributed by atoms with Crippen LogP contribution in [0.2, 0.25) is 0 Å². The van der Waals surface area contributed by atoms with Crippen molar-refractivity contribution in [3.63, 3.8) is 0 Å². The minimum absolute atomic E-state index is 0.163. The predicted molar refractivity (Wildman–Crippen MR) is 112 cm³/mol. The zero-order valence-corrected chi connectivity index (χ0v) is 18.7. The number of carbonyl (C=O) groups excluding carboxylic acids is 2. The second kappa shape index (κ2) is 8.38. The second-order valence-corrected chi connectivity index (χ2v) is 10.3. The highest BCUT2D eigenvalue weighted by Gasteiger charge is 2.31. The van der Waals surface area contributed by atoms with Gasteiger partial charge in [0.15, 0.2) is 3.92 Å². The summed E-state index contributed by atoms with van der Waals surface area (Å²) in [6.07, 6.45) is 5.72. The highest BCUT2D eigenvalue weighted by atomic mass is 79.9. The van der Waals surface area contributed by atoms with E-state index in [2.05, 4.69) is 31.5 Å². The number of thiazole rings is 1. The van der Waals surface area contributed by atoms with E-state index in [1.165, 1.54) is 34.7 Å². The van der Waals surface area contributed by atoms with Gasteiger partial charge in [0.05, 0.1) is 12.1 Å². The standard InChI is InChI=1S/C18H22BrN3O3S2/c1-18(2,25-3)16(24)22-15-13(11-6-4-5-7-12(11)27-15)14(23)20-8-10-9-21-17(19)26-10/h9H,4-8H2,1-3H3,(H,20,23)(H,22,24). The Bertz CT molecular complexity index is 860. The smallest absolute Gasteiger partial charge is 0.256 e. The fourth-order valence-corrected chi connectivity index (χ4v) is 5.44. The van der Waals surface area contributed by atoms with Crippen LogP contribution in [0.1, 0.15) is 52.4 Å². The fourth-order valence-electron chi connectivity index (χ4n) is 2.86. The SMILES string of the molecule is COC(C)(C)C(=O)Nc1sc2c(c1C(=O)NCc1cnc(Br)s1)CCCC2. The maximum absolute atomic E-state index is 13.0. The highest BCUT2D eigenvalue weighted by molar-refractivity contribution is 9.11. The summed E-state index contributed by atoms with van der Waals surface area (Å²) in [4.78, 5) is 31.8. The van der Waals surface area contributed by atoms with E-state index >= 15 is 0 Å². The molecule has 0 spiro atoms. The molecule has 1 aliphatic carbocycles. The van der Waals surface area contributed by atoms with Gasteiger partial charge < -0.3 is 15.4 Å². The number of carbonyl (C=O) groups is 2. The van der Waals surface area contributed by atoms with Crippen molar-refractivity contribution >= 4 is 55.4 Å². The van der Waals surface area contributed by atoms with Crippen molar-refractivity contribution in [2.75, 3.05) is 12.4 Å². The number of aromatic nitrogens is 1. The van der Waals surface area contributed by atoms with Crippen LogP contribution in [-0.2, 0) is 28.9 Å². The van der Waals surface area contributed by atoms with Gasteiger partial charge in [-0.3, -0.25) is 9.59 Å². The molecule has 0 bridgehead atoms. The minimum Gasteiger partial charge on any atom is -0.369 e. The molecule has 6 nitrogen and oxygen atoms in total. The summed E-state index contributed by atoms with van der Waals surface area (Å²) in [5.41, 5.74) is 0.700. The Hall–Kier alpha value is -1.29. The molecule has 0 atom stereocenters. The monoisotopic (exact) mass is 471 g/mol. The zero-order chi connectivity index (χ0) is 19.6. The van der Waals surface area contributed by atoms with Crippen molar-refractivity contribution in [3.8, 4) is 0 Å². The Kier molecular flexibility index (Phi) is 6.35. The average molecular weight is 472 g/mol. The molecule has 0 unspecified atom stereocenters. The first-order valence-corrected chi connectivity index (χ1v) is 11.1. The minimum atomic E-state index is -0.965. The third-order valence-corrected chi connectivity index (χ3v) is 7.31. The molecule has 2 amide bonds. The number of methoxy groups -OCH3 is 1. The van der Waals surface area contributed by atoms with Gasteiger partial charge in [-0.05, 0) is 61.0 Å². The molecular weight excluding hydrogens is 450 g/mol. The maximum atomic E-state index is 13.0. The molecule has 0 aliphatic heterocycles. The van der Waals surface area contributed by atoms with Crippen molar-refractivity contribution in [1.29, 1.82) is 0 Å². The Morgan fingerprint density at radius 1 is 1.30 bits per heavy atom. The summed E-state index contributed by atoms with van der Waals surface area (Å²) in [5, 5.41) is 6.50. The van der Waals surface area contributed by atoms with E-state index in [1.54, 1.807) is 20.0 Å². The zero-order valence-electron chi connectivity index (χ0n) is 15.5. The van der Waals surface area contributed by atoms with Crippen molar-refractivity contribution in [2.45, 2.75) is 51.7 Å². The van der Waals surface area contributed by atoms with Crippen LogP contribution >= 0.6 is 38.6 Å². The summed E-state index contributed by atoms with van der Waals surface area (Å²) in [6.45, 7) is 3.82. The van der Waals surface area contributed by atoms with Crippen LogP contribution in [0.5, 0.6) is 0 Å². The number of amides is 2. The third-order valence-electron chi connectivity index (χ3n) is 4.63. The lowest BCUT2D eigenvalue weighted by Gasteiger charge is -2.21. The van der Waals surface area contributed by atoms with Gasteiger partial charge in [-0.2, -0.15) is 0 Å². The molecule has 2 aromatic rings. The number of hydrogen-bond donors (Lipinski definition) is 2. The number of halogens is 1. The van der Waals surface area contributed by atoms with Crippen LogP contribution in [0.3, 0.4) is 0 Å². The Labute approximate surface area is 174 Å². The van der Waals surface area contributed by atoms with E-state index in [-0.39, 0.29) is 11.8 Å². The average Bonchev–Trinajstić information content (AvgIpc) is 3.22. The van der Waals surface area contributed by atoms with Gasteiger partial charge in [0.25, 0.3) is 11.8 Å². The molecule has 3 rings (SSSR count). The van der Waals surface area contributed by atoms with Gasteiger partial charge in [-0.15, -0.1) is 22.7 Å². The first kappa shape index (κ1) is 20.4. The van der Waals surface area contributed by atoms with Crippen LogP contribution in [0.25, 0.3) is 0 Å². The van der Waals surface area contributed by atoms with Crippen LogP contribution in [0.4, 0.5) is 5.00 Å². The molecule has 2 aromatic heterocycles. The van der Waals surface area contributed by atoms with Crippen molar-refractivity contribution in [1.82, 2.24) is 10.3 Å². The van der Waals surface area contributed by atoms with Gasteiger partial charge in [0, 0.05) is 23.1 Å². The van der Waals surface area contributed by atoms with Gasteiger partial charge in [-0.1, -0.05) is 0 Å². The maximum Gasteiger partial charge on any atom is 0.256 e. The molecule has 2 N–H and O–H groups in total. The van der Waals surface area contributed by atoms with Crippen molar-refractivity contribution < 1.29 is 14.3 Å². The first-order chi connectivity index (χ1) is 12.8. The predicted octanol–water partition coefficient (Wildman–Crippen LogP) is 4.14. The van der Waals surface area contributed by atoms with Crippen molar-refractivity contribution in [3.05, 3.63) is 31.0 Å². The number of anilines is 1. The molecule has 2 heterocycles. The largest absolute Gasteiger partial charge is 0.369 e. The molecule has 0 saturated carbocycles. The molecule has 0 aromatic carbocycles. The number of fused-ring (bicyclic) bond motifs is 1. The number of thiophene rings is 1. The quantitative estimate of drug-likeness (QED) is 0.663. The third kappa shape index (κ3) is 4.59. The Morgan fingerprint density at radius 2 is 2.04 bits per heavy atom. The van der Waals surface area contributed by atoms with Gasteiger partial charge in [0.1, 0.15) is 10.6 Å². The molecule has 0 radical (unpaired) electrons. The van der Waals surface area contributed by atoms with Crippen LogP contribution in [-0.4, -0.2) is 29.5 Å². The second-order valence-electron chi connectivity index (χ2n) is 6.85. The Morgan fingerprint density at radius 3 is 2.70 bits per heavy atom. The Balaban J connectivity index is 1.84. The van der Waals surface area contributed by atoms with Gasteiger partial charge >= 0.3 is 0 Å². The summed E-state index contributed by atoms with van der Waals surface area (Å²) >= 11 is 6.32. The molecule has 146 valence electrons. The molecule has 1 aliphatic rings. The lowest BCUT2D eigenvalue weighted by atomic mass is 9.95. The summed E-state index contributed by atoms with van der Waals surface area (Å²) < 4.78 is 6.05. The van der Waals surface area contributed by atoms with E-state index in [0.717, 1.165) is 40.0 Å². The van der Waals surface area contributed by atoms with E-state index in [9.17, 15) is 9.59 Å². The molecule has 27 heavy (non-hydrogen) atoms. The summed E-state index contributed by atoms with van der Waals surface area (Å²) in [6, 6.07) is 0. The molecule has 0 saturated heterocycles. The first-order valence-electron chi connectivity index (χ1n) is 8.71. The van der Waals surface area contributed by atoms with E-state index in [1.807, 2.05) is 0 Å². The number of nitrogens with zero attached hydrogens (tertiary/aromatic N) is 1. The van der Waals surface area contributed by atoms with E-state index < -0.39 is 5.60 Å². The molecule has 9 heteroatoms. The number of ether oxygens (including phenoxy) is 1. The molecular formula is C18H22BrN3O3S2. The lowest BCUT2D eigenvalue weighted by molar-refractivity contribution is -0.133. The number of nitrogens with one attached hydrogen (secondary N) is 2. The normalized spacial score (nSPS) is 13.9. The number of rotatable bonds is 6. The topological polar surface area (TPSA) is 80.3 Å². The highest BCUT2D eigenvalue weighted by Crippen LogP contribution is 2.38. The fraction of sp³-hybridized carbons (Fsp3) is 0.500. The lowest BCUT2D eigenvalue weighted by Crippen LogP contribution is -2.39. The van der Waals surface area contributed by atoms with Crippen LogP contribution in [0, 0.1) is 0 Å².